The van der Waals surface area contributed by atoms with Crippen LogP contribution < -0.4 is 17.0 Å². The van der Waals surface area contributed by atoms with Crippen molar-refractivity contribution in [1.29, 1.82) is 0 Å². The molecule has 9 heteroatoms. The molecule has 0 atom stereocenters. The van der Waals surface area contributed by atoms with E-state index in [1.165, 1.54) is 16.3 Å². The number of anilines is 1. The lowest BCUT2D eigenvalue weighted by atomic mass is 10.3. The van der Waals surface area contributed by atoms with Crippen molar-refractivity contribution in [3.63, 3.8) is 0 Å². The minimum absolute atomic E-state index is 0.262. The third-order valence-electron chi connectivity index (χ3n) is 2.63. The molecular formula is C10H15N7OS. The molecule has 2 aromatic rings. The van der Waals surface area contributed by atoms with Crippen LogP contribution in [0.2, 0.25) is 0 Å². The number of hydrogen-bond acceptors (Lipinski definition) is 7. The van der Waals surface area contributed by atoms with Gasteiger partial charge >= 0.3 is 5.69 Å². The molecule has 0 aliphatic heterocycles. The molecule has 4 N–H and O–H groups in total. The van der Waals surface area contributed by atoms with Gasteiger partial charge < -0.3 is 5.43 Å². The van der Waals surface area contributed by atoms with E-state index in [4.69, 9.17) is 5.84 Å². The smallest absolute Gasteiger partial charge is 0.308 e. The summed E-state index contributed by atoms with van der Waals surface area (Å²) < 4.78 is 1.42. The average molecular weight is 281 g/mol. The predicted molar refractivity (Wildman–Crippen MR) is 71.9 cm³/mol. The van der Waals surface area contributed by atoms with Crippen LogP contribution in [0.5, 0.6) is 0 Å². The van der Waals surface area contributed by atoms with Crippen molar-refractivity contribution < 1.29 is 0 Å². The van der Waals surface area contributed by atoms with Gasteiger partial charge in [-0.3, -0.25) is 4.57 Å². The van der Waals surface area contributed by atoms with Gasteiger partial charge in [0, 0.05) is 19.0 Å². The summed E-state index contributed by atoms with van der Waals surface area (Å²) >= 11 is 1.29. The first-order valence-electron chi connectivity index (χ1n) is 5.70. The van der Waals surface area contributed by atoms with Crippen LogP contribution in [0.4, 0.5) is 5.82 Å². The second-order valence-corrected chi connectivity index (χ2v) is 4.84. The number of aromatic amines is 1. The number of nitrogens with one attached hydrogen (secondary N) is 2. The van der Waals surface area contributed by atoms with Crippen LogP contribution in [0.1, 0.15) is 18.3 Å². The quantitative estimate of drug-likeness (QED) is 0.417. The topological polar surface area (TPSA) is 115 Å². The summed E-state index contributed by atoms with van der Waals surface area (Å²) in [4.78, 5) is 20.0. The lowest BCUT2D eigenvalue weighted by Crippen LogP contribution is -2.14. The summed E-state index contributed by atoms with van der Waals surface area (Å²) in [5.41, 5.74) is 3.11. The minimum atomic E-state index is -0.262. The summed E-state index contributed by atoms with van der Waals surface area (Å²) in [7, 11) is 1.65. The van der Waals surface area contributed by atoms with Crippen LogP contribution in [-0.2, 0) is 13.5 Å². The highest BCUT2D eigenvalue weighted by Gasteiger charge is 2.14. The number of hydrogen-bond donors (Lipinski definition) is 3. The summed E-state index contributed by atoms with van der Waals surface area (Å²) in [6.45, 7) is 3.82. The molecular weight excluding hydrogens is 266 g/mol. The van der Waals surface area contributed by atoms with Gasteiger partial charge in [-0.15, -0.1) is 5.10 Å². The van der Waals surface area contributed by atoms with Crippen molar-refractivity contribution in [2.24, 2.45) is 12.9 Å². The first kappa shape index (κ1) is 13.6. The normalized spacial score (nSPS) is 10.7. The molecule has 19 heavy (non-hydrogen) atoms. The van der Waals surface area contributed by atoms with Crippen LogP contribution in [0.3, 0.4) is 0 Å². The lowest BCUT2D eigenvalue weighted by Gasteiger charge is -2.10. The Morgan fingerprint density at radius 1 is 1.47 bits per heavy atom. The third kappa shape index (κ3) is 2.61. The summed E-state index contributed by atoms with van der Waals surface area (Å²) in [6, 6.07) is 0. The molecule has 0 saturated carbocycles. The van der Waals surface area contributed by atoms with Gasteiger partial charge in [0.15, 0.2) is 5.16 Å². The van der Waals surface area contributed by atoms with E-state index < -0.39 is 0 Å². The Morgan fingerprint density at radius 2 is 2.21 bits per heavy atom. The van der Waals surface area contributed by atoms with Crippen LogP contribution in [0.25, 0.3) is 0 Å². The molecule has 0 aromatic carbocycles. The minimum Gasteiger partial charge on any atom is -0.308 e. The van der Waals surface area contributed by atoms with Crippen molar-refractivity contribution in [2.75, 3.05) is 5.43 Å². The van der Waals surface area contributed by atoms with E-state index in [2.05, 4.69) is 25.6 Å². The number of nitrogens with two attached hydrogens (primary N) is 1. The Morgan fingerprint density at radius 3 is 2.74 bits per heavy atom. The number of nitrogen functional groups attached to an aromatic ring is 1. The molecule has 0 aliphatic carbocycles. The van der Waals surface area contributed by atoms with Crippen molar-refractivity contribution in [2.45, 2.75) is 30.5 Å². The molecule has 0 aliphatic rings. The van der Waals surface area contributed by atoms with E-state index in [0.29, 0.717) is 23.2 Å². The molecule has 102 valence electrons. The fraction of sp³-hybridized carbons (Fsp3) is 0.400. The highest BCUT2D eigenvalue weighted by Crippen LogP contribution is 2.28. The molecule has 0 bridgehead atoms. The van der Waals surface area contributed by atoms with Gasteiger partial charge in [0.05, 0.1) is 0 Å². The Hall–Kier alpha value is -1.87. The molecule has 2 aromatic heterocycles. The number of aromatic nitrogens is 5. The maximum atomic E-state index is 11.3. The van der Waals surface area contributed by atoms with Gasteiger partial charge in [-0.05, 0) is 18.7 Å². The fourth-order valence-corrected chi connectivity index (χ4v) is 2.33. The van der Waals surface area contributed by atoms with Gasteiger partial charge in [-0.2, -0.15) is 0 Å². The number of rotatable bonds is 4. The van der Waals surface area contributed by atoms with Gasteiger partial charge in [0.25, 0.3) is 0 Å². The van der Waals surface area contributed by atoms with E-state index in [9.17, 15) is 4.79 Å². The zero-order valence-electron chi connectivity index (χ0n) is 10.9. The lowest BCUT2D eigenvalue weighted by molar-refractivity contribution is 0.762. The van der Waals surface area contributed by atoms with E-state index in [1.54, 1.807) is 7.05 Å². The van der Waals surface area contributed by atoms with Crippen LogP contribution >= 0.6 is 11.8 Å². The Bertz CT molecular complexity index is 648. The zero-order chi connectivity index (χ0) is 14.0. The second-order valence-electron chi connectivity index (χ2n) is 3.89. The highest BCUT2D eigenvalue weighted by atomic mass is 32.2. The van der Waals surface area contributed by atoms with Gasteiger partial charge in [-0.25, -0.2) is 25.7 Å². The van der Waals surface area contributed by atoms with Gasteiger partial charge in [0.2, 0.25) is 0 Å². The summed E-state index contributed by atoms with van der Waals surface area (Å²) in [5.74, 6) is 6.70. The molecule has 0 radical (unpaired) electrons. The zero-order valence-corrected chi connectivity index (χ0v) is 11.7. The molecule has 0 spiro atoms. The largest absolute Gasteiger partial charge is 0.343 e. The first-order chi connectivity index (χ1) is 9.06. The van der Waals surface area contributed by atoms with Gasteiger partial charge in [0.1, 0.15) is 16.7 Å². The molecule has 0 amide bonds. The number of aryl methyl sites for hydroxylation is 1. The molecule has 2 heterocycles. The standard InChI is InChI=1S/C10H15N7OS/c1-4-6-12-7(14-11)5(2)8(13-6)19-10-16-15-9(18)17(10)3/h4,11H2,1-3H3,(H,15,18)(H,12,13,14). The van der Waals surface area contributed by atoms with Gasteiger partial charge in [-0.1, -0.05) is 6.92 Å². The average Bonchev–Trinajstić information content (AvgIpc) is 2.73. The van der Waals surface area contributed by atoms with Crippen molar-refractivity contribution in [3.8, 4) is 0 Å². The number of H-pyrrole nitrogens is 1. The van der Waals surface area contributed by atoms with Crippen molar-refractivity contribution >= 4 is 17.6 Å². The van der Waals surface area contributed by atoms with E-state index in [0.717, 1.165) is 10.6 Å². The SMILES string of the molecule is CCc1nc(NN)c(C)c(Sc2n[nH]c(=O)n2C)n1. The van der Waals surface area contributed by atoms with Crippen molar-refractivity contribution in [3.05, 3.63) is 21.9 Å². The predicted octanol–water partition coefficient (Wildman–Crippen LogP) is 0.206. The van der Waals surface area contributed by atoms with Crippen LogP contribution in [0.15, 0.2) is 15.0 Å². The van der Waals surface area contributed by atoms with E-state index in [1.807, 2.05) is 13.8 Å². The molecule has 2 rings (SSSR count). The molecule has 0 fully saturated rings. The molecule has 0 unspecified atom stereocenters. The van der Waals surface area contributed by atoms with E-state index >= 15 is 0 Å². The van der Waals surface area contributed by atoms with Crippen LogP contribution in [-0.4, -0.2) is 24.7 Å². The van der Waals surface area contributed by atoms with Crippen LogP contribution in [0, 0.1) is 6.92 Å². The maximum Gasteiger partial charge on any atom is 0.343 e. The fourth-order valence-electron chi connectivity index (χ4n) is 1.45. The number of nitrogens with zero attached hydrogens (tertiary/aromatic N) is 4. The van der Waals surface area contributed by atoms with E-state index in [-0.39, 0.29) is 5.69 Å². The Balaban J connectivity index is 2.44. The summed E-state index contributed by atoms with van der Waals surface area (Å²) in [5, 5.41) is 7.59. The monoisotopic (exact) mass is 281 g/mol. The number of hydrazine groups is 1. The maximum absolute atomic E-state index is 11.3. The molecule has 8 nitrogen and oxygen atoms in total. The second kappa shape index (κ2) is 5.41. The first-order valence-corrected chi connectivity index (χ1v) is 6.51. The summed E-state index contributed by atoms with van der Waals surface area (Å²) in [6.07, 6.45) is 0.696. The third-order valence-corrected chi connectivity index (χ3v) is 3.77. The van der Waals surface area contributed by atoms with Crippen molar-refractivity contribution in [1.82, 2.24) is 24.7 Å². The highest BCUT2D eigenvalue weighted by molar-refractivity contribution is 7.99. The molecule has 0 saturated heterocycles. The Labute approximate surface area is 113 Å². The Kier molecular flexibility index (Phi) is 3.86.